The summed E-state index contributed by atoms with van der Waals surface area (Å²) >= 11 is 0. The summed E-state index contributed by atoms with van der Waals surface area (Å²) in [6.07, 6.45) is -1.26. The number of nitrogens with one attached hydrogen (secondary N) is 1. The number of fused-ring (bicyclic) bond motifs is 1. The molecule has 1 aliphatic carbocycles. The summed E-state index contributed by atoms with van der Waals surface area (Å²) in [5.74, 6) is -1.44. The van der Waals surface area contributed by atoms with Crippen molar-refractivity contribution in [3.8, 4) is 0 Å². The number of anilines is 2. The second-order valence-corrected chi connectivity index (χ2v) is 9.18. The van der Waals surface area contributed by atoms with Crippen molar-refractivity contribution in [1.82, 2.24) is 5.32 Å². The molecule has 1 saturated carbocycles. The highest BCUT2D eigenvalue weighted by Gasteiger charge is 2.57. The minimum absolute atomic E-state index is 0.00165. The number of nitrogens with zero attached hydrogens (tertiary/aromatic N) is 5. The minimum atomic E-state index is -0.805. The van der Waals surface area contributed by atoms with Crippen LogP contribution in [0.15, 0.2) is 17.2 Å². The van der Waals surface area contributed by atoms with E-state index in [0.717, 1.165) is 17.0 Å². The van der Waals surface area contributed by atoms with Crippen LogP contribution in [-0.2, 0) is 9.47 Å². The van der Waals surface area contributed by atoms with Gasteiger partial charge in [0.15, 0.2) is 11.6 Å². The highest BCUT2D eigenvalue weighted by molar-refractivity contribution is 5.90. The topological polar surface area (TPSA) is 120 Å². The fraction of sp³-hybridized carbons (Fsp3) is 0.600. The van der Waals surface area contributed by atoms with E-state index in [1.165, 1.54) is 0 Å². The largest absolute Gasteiger partial charge is 0.447 e. The van der Waals surface area contributed by atoms with E-state index in [1.54, 1.807) is 25.7 Å². The number of alkyl carbamates (subject to hydrolysis) is 1. The molecule has 1 unspecified atom stereocenters. The van der Waals surface area contributed by atoms with E-state index in [9.17, 15) is 18.4 Å². The Kier molecular flexibility index (Phi) is 5.49. The number of cyclic esters (lactones) is 1. The maximum atomic E-state index is 14.9. The highest BCUT2D eigenvalue weighted by atomic mass is 19.1. The van der Waals surface area contributed by atoms with E-state index < -0.39 is 35.5 Å². The van der Waals surface area contributed by atoms with Gasteiger partial charge < -0.3 is 19.7 Å². The van der Waals surface area contributed by atoms with Gasteiger partial charge in [0.05, 0.1) is 18.3 Å². The molecule has 2 heterocycles. The number of rotatable bonds is 5. The van der Waals surface area contributed by atoms with Crippen molar-refractivity contribution in [2.24, 2.45) is 17.0 Å². The lowest BCUT2D eigenvalue weighted by atomic mass is 10.2. The van der Waals surface area contributed by atoms with Crippen LogP contribution in [0.4, 0.5) is 29.7 Å². The van der Waals surface area contributed by atoms with Crippen LogP contribution in [0.3, 0.4) is 0 Å². The molecular formula is C20H24F2N6O4. The molecule has 2 aliphatic heterocycles. The van der Waals surface area contributed by atoms with Gasteiger partial charge in [-0.25, -0.2) is 18.4 Å². The first-order valence-electron chi connectivity index (χ1n) is 10.3. The van der Waals surface area contributed by atoms with Crippen molar-refractivity contribution in [2.45, 2.75) is 38.5 Å². The second-order valence-electron chi connectivity index (χ2n) is 9.18. The summed E-state index contributed by atoms with van der Waals surface area (Å²) in [7, 11) is 0. The zero-order valence-corrected chi connectivity index (χ0v) is 17.9. The van der Waals surface area contributed by atoms with E-state index >= 15 is 0 Å². The molecule has 0 bridgehead atoms. The predicted molar refractivity (Wildman–Crippen MR) is 110 cm³/mol. The molecule has 3 aliphatic rings. The van der Waals surface area contributed by atoms with Crippen molar-refractivity contribution in [3.05, 3.63) is 34.2 Å². The fourth-order valence-corrected chi connectivity index (χ4v) is 4.40. The Balaban J connectivity index is 1.43. The lowest BCUT2D eigenvalue weighted by Crippen LogP contribution is -2.38. The Bertz CT molecular complexity index is 958. The second kappa shape index (κ2) is 8.01. The normalized spacial score (nSPS) is 26.3. The van der Waals surface area contributed by atoms with Gasteiger partial charge in [-0.1, -0.05) is 5.11 Å². The Labute approximate surface area is 183 Å². The molecule has 0 aromatic heterocycles. The minimum Gasteiger partial charge on any atom is -0.447 e. The summed E-state index contributed by atoms with van der Waals surface area (Å²) in [6, 6.07) is 1.44. The van der Waals surface area contributed by atoms with Gasteiger partial charge in [-0.05, 0) is 26.3 Å². The number of hydrogen-bond acceptors (Lipinski definition) is 6. The van der Waals surface area contributed by atoms with E-state index in [1.807, 2.05) is 0 Å². The molecule has 1 N–H and O–H groups in total. The number of benzene rings is 1. The van der Waals surface area contributed by atoms with Gasteiger partial charge in [0, 0.05) is 48.0 Å². The van der Waals surface area contributed by atoms with E-state index in [0.29, 0.717) is 13.1 Å². The van der Waals surface area contributed by atoms with Crippen molar-refractivity contribution >= 4 is 23.6 Å². The van der Waals surface area contributed by atoms with Crippen LogP contribution in [0.2, 0.25) is 0 Å². The molecule has 1 aromatic rings. The molecule has 4 rings (SSSR count). The molecule has 1 aromatic carbocycles. The summed E-state index contributed by atoms with van der Waals surface area (Å²) in [4.78, 5) is 29.3. The molecule has 2 amide bonds. The number of hydrogen-bond donors (Lipinski definition) is 1. The van der Waals surface area contributed by atoms with Gasteiger partial charge in [0.2, 0.25) is 0 Å². The zero-order valence-electron chi connectivity index (χ0n) is 17.9. The summed E-state index contributed by atoms with van der Waals surface area (Å²) in [6.45, 7) is 6.00. The first-order chi connectivity index (χ1) is 15.1. The van der Waals surface area contributed by atoms with Gasteiger partial charge in [0.25, 0.3) is 0 Å². The monoisotopic (exact) mass is 450 g/mol. The number of azide groups is 1. The molecule has 2 saturated heterocycles. The third-order valence-electron chi connectivity index (χ3n) is 5.79. The number of piperidine rings is 1. The van der Waals surface area contributed by atoms with Crippen molar-refractivity contribution in [1.29, 1.82) is 0 Å². The Hall–Kier alpha value is -3.27. The average molecular weight is 450 g/mol. The molecule has 172 valence electrons. The SMILES string of the molecule is CC(C)(C)OC(=O)NC1[C@H]2CN(c3c(F)cc(N4C(=O)OC[C@H]4CN=[N+]=[N-])cc3F)C[C@@H]12. The van der Waals surface area contributed by atoms with Crippen LogP contribution in [0.25, 0.3) is 10.4 Å². The van der Waals surface area contributed by atoms with Crippen LogP contribution >= 0.6 is 0 Å². The molecule has 4 atom stereocenters. The lowest BCUT2D eigenvalue weighted by molar-refractivity contribution is 0.0518. The number of halogens is 2. The lowest BCUT2D eigenvalue weighted by Gasteiger charge is -2.26. The van der Waals surface area contributed by atoms with Gasteiger partial charge in [-0.15, -0.1) is 0 Å². The smallest absolute Gasteiger partial charge is 0.414 e. The average Bonchev–Trinajstić information content (AvgIpc) is 3.02. The maximum Gasteiger partial charge on any atom is 0.414 e. The van der Waals surface area contributed by atoms with Gasteiger partial charge in [-0.3, -0.25) is 4.90 Å². The first kappa shape index (κ1) is 21.9. The quantitative estimate of drug-likeness (QED) is 0.418. The third kappa shape index (κ3) is 4.22. The standard InChI is InChI=1S/C20H24F2N6O4/c1-20(2,3)32-18(29)25-16-12-7-27(8-13(12)16)17-14(21)4-10(5-15(17)22)28-11(6-24-26-23)9-31-19(28)30/h4-5,11-13,16H,6-9H2,1-3H3,(H,25,29)/t11-,12-,13+,16?/m1/s1. The molecule has 0 spiro atoms. The zero-order chi connectivity index (χ0) is 23.2. The first-order valence-corrected chi connectivity index (χ1v) is 10.3. The Morgan fingerprint density at radius 1 is 1.31 bits per heavy atom. The van der Waals surface area contributed by atoms with E-state index in [2.05, 4.69) is 15.3 Å². The number of amides is 2. The third-order valence-corrected chi connectivity index (χ3v) is 5.79. The number of carbonyl (C=O) groups excluding carboxylic acids is 2. The highest BCUT2D eigenvalue weighted by Crippen LogP contribution is 2.48. The van der Waals surface area contributed by atoms with Crippen LogP contribution in [-0.4, -0.2) is 56.1 Å². The van der Waals surface area contributed by atoms with Gasteiger partial charge in [-0.2, -0.15) is 0 Å². The van der Waals surface area contributed by atoms with Crippen molar-refractivity contribution in [2.75, 3.05) is 36.0 Å². The number of ether oxygens (including phenoxy) is 2. The molecular weight excluding hydrogens is 426 g/mol. The Morgan fingerprint density at radius 2 is 1.94 bits per heavy atom. The van der Waals surface area contributed by atoms with Crippen molar-refractivity contribution in [3.63, 3.8) is 0 Å². The predicted octanol–water partition coefficient (Wildman–Crippen LogP) is 3.56. The molecule has 0 radical (unpaired) electrons. The van der Waals surface area contributed by atoms with Crippen LogP contribution in [0, 0.1) is 23.5 Å². The summed E-state index contributed by atoms with van der Waals surface area (Å²) in [5.41, 5.74) is 7.72. The van der Waals surface area contributed by atoms with Crippen LogP contribution < -0.4 is 15.1 Å². The molecule has 10 nitrogen and oxygen atoms in total. The van der Waals surface area contributed by atoms with Gasteiger partial charge >= 0.3 is 12.2 Å². The maximum absolute atomic E-state index is 14.9. The summed E-state index contributed by atoms with van der Waals surface area (Å²) < 4.78 is 40.0. The van der Waals surface area contributed by atoms with Gasteiger partial charge in [0.1, 0.15) is 17.9 Å². The molecule has 32 heavy (non-hydrogen) atoms. The fourth-order valence-electron chi connectivity index (χ4n) is 4.40. The van der Waals surface area contributed by atoms with Crippen LogP contribution in [0.1, 0.15) is 20.8 Å². The summed E-state index contributed by atoms with van der Waals surface area (Å²) in [5, 5.41) is 6.24. The molecule has 3 fully saturated rings. The number of carbonyl (C=O) groups is 2. The van der Waals surface area contributed by atoms with Crippen molar-refractivity contribution < 1.29 is 27.8 Å². The van der Waals surface area contributed by atoms with E-state index in [-0.39, 0.29) is 42.4 Å². The molecule has 12 heteroatoms. The Morgan fingerprint density at radius 3 is 2.50 bits per heavy atom. The van der Waals surface area contributed by atoms with Crippen LogP contribution in [0.5, 0.6) is 0 Å². The van der Waals surface area contributed by atoms with E-state index in [4.69, 9.17) is 15.0 Å².